The van der Waals surface area contributed by atoms with Crippen LogP contribution < -0.4 is 10.6 Å². The lowest BCUT2D eigenvalue weighted by Crippen LogP contribution is -2.36. The van der Waals surface area contributed by atoms with Crippen molar-refractivity contribution in [1.29, 1.82) is 0 Å². The molecule has 148 valence electrons. The minimum Gasteiger partial charge on any atom is -0.357 e. The zero-order chi connectivity index (χ0) is 18.9. The fourth-order valence-electron chi connectivity index (χ4n) is 2.86. The summed E-state index contributed by atoms with van der Waals surface area (Å²) >= 11 is 0. The van der Waals surface area contributed by atoms with Crippen molar-refractivity contribution in [2.24, 2.45) is 4.99 Å². The maximum atomic E-state index is 4.69. The highest BCUT2D eigenvalue weighted by atomic mass is 127. The van der Waals surface area contributed by atoms with Crippen LogP contribution in [0.2, 0.25) is 0 Å². The number of imidazole rings is 1. The van der Waals surface area contributed by atoms with Gasteiger partial charge in [0.05, 0.1) is 12.9 Å². The number of benzene rings is 2. The monoisotopic (exact) mass is 489 g/mol. The molecule has 3 rings (SSSR count). The summed E-state index contributed by atoms with van der Waals surface area (Å²) in [4.78, 5) is 8.77. The number of aromatic nitrogens is 2. The van der Waals surface area contributed by atoms with Crippen LogP contribution in [0.5, 0.6) is 0 Å². The Balaban J connectivity index is 0.00000280. The quantitative estimate of drug-likeness (QED) is 0.299. The average Bonchev–Trinajstić information content (AvgIpc) is 3.18. The second-order valence-corrected chi connectivity index (χ2v) is 6.59. The van der Waals surface area contributed by atoms with Gasteiger partial charge in [0.2, 0.25) is 0 Å². The summed E-state index contributed by atoms with van der Waals surface area (Å²) in [5, 5.41) is 6.72. The van der Waals surface area contributed by atoms with Gasteiger partial charge < -0.3 is 15.2 Å². The van der Waals surface area contributed by atoms with Gasteiger partial charge in [0.15, 0.2) is 5.96 Å². The summed E-state index contributed by atoms with van der Waals surface area (Å²) in [6.45, 7) is 7.27. The third-order valence-electron chi connectivity index (χ3n) is 4.25. The van der Waals surface area contributed by atoms with Crippen LogP contribution in [0.4, 0.5) is 0 Å². The van der Waals surface area contributed by atoms with Gasteiger partial charge in [-0.25, -0.2) is 9.98 Å². The summed E-state index contributed by atoms with van der Waals surface area (Å²) in [6, 6.07) is 17.1. The first-order valence-corrected chi connectivity index (χ1v) is 9.34. The molecule has 0 aliphatic carbocycles. The Labute approximate surface area is 184 Å². The molecule has 0 spiro atoms. The van der Waals surface area contributed by atoms with Gasteiger partial charge in [-0.05, 0) is 30.5 Å². The highest BCUT2D eigenvalue weighted by Crippen LogP contribution is 2.07. The van der Waals surface area contributed by atoms with Crippen LogP contribution in [0.25, 0.3) is 0 Å². The molecule has 0 aliphatic rings. The smallest absolute Gasteiger partial charge is 0.191 e. The Morgan fingerprint density at radius 3 is 2.50 bits per heavy atom. The van der Waals surface area contributed by atoms with E-state index in [2.05, 4.69) is 82.6 Å². The molecule has 1 aromatic heterocycles. The predicted octanol–water partition coefficient (Wildman–Crippen LogP) is 4.11. The van der Waals surface area contributed by atoms with Gasteiger partial charge in [0.1, 0.15) is 0 Å². The van der Waals surface area contributed by atoms with E-state index in [1.807, 2.05) is 12.5 Å². The fourth-order valence-corrected chi connectivity index (χ4v) is 2.86. The molecule has 6 heteroatoms. The molecule has 3 aromatic rings. The van der Waals surface area contributed by atoms with Crippen molar-refractivity contribution in [2.75, 3.05) is 6.54 Å². The molecule has 0 atom stereocenters. The summed E-state index contributed by atoms with van der Waals surface area (Å²) in [6.07, 6.45) is 5.61. The molecule has 0 unspecified atom stereocenters. The summed E-state index contributed by atoms with van der Waals surface area (Å²) in [5.41, 5.74) is 4.97. The van der Waals surface area contributed by atoms with Gasteiger partial charge in [0.25, 0.3) is 0 Å². The molecule has 0 amide bonds. The van der Waals surface area contributed by atoms with E-state index in [4.69, 9.17) is 4.99 Å². The molecule has 0 aliphatic heterocycles. The van der Waals surface area contributed by atoms with E-state index < -0.39 is 0 Å². The number of guanidine groups is 1. The van der Waals surface area contributed by atoms with Crippen LogP contribution in [0.3, 0.4) is 0 Å². The Kier molecular flexibility index (Phi) is 9.00. The molecule has 0 saturated heterocycles. The molecular weight excluding hydrogens is 461 g/mol. The van der Waals surface area contributed by atoms with E-state index in [0.717, 1.165) is 25.6 Å². The minimum absolute atomic E-state index is 0. The maximum absolute atomic E-state index is 4.69. The molecule has 28 heavy (non-hydrogen) atoms. The molecular formula is C22H28IN5. The van der Waals surface area contributed by atoms with Crippen LogP contribution in [0.15, 0.2) is 72.2 Å². The Bertz CT molecular complexity index is 857. The third-order valence-corrected chi connectivity index (χ3v) is 4.25. The van der Waals surface area contributed by atoms with Crippen LogP contribution in [0, 0.1) is 6.92 Å². The predicted molar refractivity (Wildman–Crippen MR) is 126 cm³/mol. The second kappa shape index (κ2) is 11.5. The van der Waals surface area contributed by atoms with Gasteiger partial charge in [-0.2, -0.15) is 0 Å². The molecule has 0 saturated carbocycles. The minimum atomic E-state index is 0. The third kappa shape index (κ3) is 6.99. The van der Waals surface area contributed by atoms with E-state index in [0.29, 0.717) is 6.54 Å². The van der Waals surface area contributed by atoms with Crippen LogP contribution in [-0.2, 0) is 19.6 Å². The van der Waals surface area contributed by atoms with E-state index in [9.17, 15) is 0 Å². The first kappa shape index (κ1) is 21.9. The maximum Gasteiger partial charge on any atom is 0.191 e. The van der Waals surface area contributed by atoms with Crippen LogP contribution in [-0.4, -0.2) is 22.1 Å². The zero-order valence-corrected chi connectivity index (χ0v) is 18.8. The van der Waals surface area contributed by atoms with Gasteiger partial charge in [-0.15, -0.1) is 24.0 Å². The molecule has 0 bridgehead atoms. The Hall–Kier alpha value is -2.35. The lowest BCUT2D eigenvalue weighted by molar-refractivity contribution is 0.793. The Morgan fingerprint density at radius 1 is 1.04 bits per heavy atom. The number of halogens is 1. The molecule has 2 N–H and O–H groups in total. The molecule has 1 heterocycles. The largest absolute Gasteiger partial charge is 0.357 e. The number of aryl methyl sites for hydroxylation is 1. The second-order valence-electron chi connectivity index (χ2n) is 6.59. The van der Waals surface area contributed by atoms with Crippen molar-refractivity contribution < 1.29 is 0 Å². The normalized spacial score (nSPS) is 11.0. The molecule has 0 radical (unpaired) electrons. The van der Waals surface area contributed by atoms with Crippen molar-refractivity contribution in [2.45, 2.75) is 33.5 Å². The van der Waals surface area contributed by atoms with Gasteiger partial charge in [-0.1, -0.05) is 54.1 Å². The number of rotatable bonds is 7. The number of nitrogens with zero attached hydrogens (tertiary/aromatic N) is 3. The number of nitrogens with one attached hydrogen (secondary N) is 2. The number of aliphatic imine (C=N–C) groups is 1. The highest BCUT2D eigenvalue weighted by Gasteiger charge is 2.00. The van der Waals surface area contributed by atoms with Crippen molar-refractivity contribution in [3.63, 3.8) is 0 Å². The van der Waals surface area contributed by atoms with Crippen molar-refractivity contribution >= 4 is 29.9 Å². The summed E-state index contributed by atoms with van der Waals surface area (Å²) in [7, 11) is 0. The molecule has 5 nitrogen and oxygen atoms in total. The highest BCUT2D eigenvalue weighted by molar-refractivity contribution is 14.0. The summed E-state index contributed by atoms with van der Waals surface area (Å²) in [5.74, 6) is 0.835. The van der Waals surface area contributed by atoms with Crippen molar-refractivity contribution in [3.05, 3.63) is 89.5 Å². The van der Waals surface area contributed by atoms with Crippen LogP contribution >= 0.6 is 24.0 Å². The van der Waals surface area contributed by atoms with Gasteiger partial charge in [0, 0.05) is 32.0 Å². The lowest BCUT2D eigenvalue weighted by Gasteiger charge is -2.12. The van der Waals surface area contributed by atoms with E-state index in [1.165, 1.54) is 22.3 Å². The van der Waals surface area contributed by atoms with E-state index in [-0.39, 0.29) is 24.0 Å². The van der Waals surface area contributed by atoms with E-state index in [1.54, 1.807) is 6.20 Å². The lowest BCUT2D eigenvalue weighted by atomic mass is 10.1. The van der Waals surface area contributed by atoms with Crippen molar-refractivity contribution in [1.82, 2.24) is 20.2 Å². The fraction of sp³-hybridized carbons (Fsp3) is 0.273. The average molecular weight is 489 g/mol. The molecule has 0 fully saturated rings. The topological polar surface area (TPSA) is 54.2 Å². The first-order chi connectivity index (χ1) is 13.2. The molecule has 2 aromatic carbocycles. The first-order valence-electron chi connectivity index (χ1n) is 9.34. The van der Waals surface area contributed by atoms with Crippen LogP contribution in [0.1, 0.15) is 29.2 Å². The van der Waals surface area contributed by atoms with E-state index >= 15 is 0 Å². The van der Waals surface area contributed by atoms with Crippen molar-refractivity contribution in [3.8, 4) is 0 Å². The number of hydrogen-bond donors (Lipinski definition) is 2. The summed E-state index contributed by atoms with van der Waals surface area (Å²) < 4.78 is 2.06. The standard InChI is InChI=1S/C22H27N5.HI/c1-3-24-22(26-15-21-6-4-5-18(2)13-21)25-14-19-7-9-20(10-8-19)16-27-12-11-23-17-27;/h4-13,17H,3,14-16H2,1-2H3,(H2,24,25,26);1H. The zero-order valence-electron chi connectivity index (χ0n) is 16.4. The SMILES string of the molecule is CCNC(=NCc1cccc(C)c1)NCc1ccc(Cn2ccnc2)cc1.I. The van der Waals surface area contributed by atoms with Gasteiger partial charge >= 0.3 is 0 Å². The Morgan fingerprint density at radius 2 is 1.82 bits per heavy atom. The number of hydrogen-bond acceptors (Lipinski definition) is 2. The van der Waals surface area contributed by atoms with Gasteiger partial charge in [-0.3, -0.25) is 0 Å².